The first-order chi connectivity index (χ1) is 7.96. The molecule has 0 aliphatic carbocycles. The van der Waals surface area contributed by atoms with Crippen LogP contribution < -0.4 is 9.47 Å². The monoisotopic (exact) mass is 238 g/mol. The molecule has 94 valence electrons. The normalized spacial score (nSPS) is 11.1. The van der Waals surface area contributed by atoms with E-state index in [2.05, 4.69) is 0 Å². The van der Waals surface area contributed by atoms with Crippen LogP contribution in [0.15, 0.2) is 18.2 Å². The van der Waals surface area contributed by atoms with E-state index in [9.17, 15) is 9.90 Å². The lowest BCUT2D eigenvalue weighted by Gasteiger charge is -2.19. The van der Waals surface area contributed by atoms with Gasteiger partial charge in [-0.15, -0.1) is 0 Å². The molecule has 0 bridgehead atoms. The number of ether oxygens (including phenoxy) is 2. The highest BCUT2D eigenvalue weighted by Crippen LogP contribution is 2.28. The van der Waals surface area contributed by atoms with Crippen molar-refractivity contribution in [1.29, 1.82) is 0 Å². The maximum atomic E-state index is 10.7. The Balaban J connectivity index is 2.86. The number of aldehydes is 1. The molecule has 0 aliphatic rings. The van der Waals surface area contributed by atoms with Gasteiger partial charge >= 0.3 is 0 Å². The van der Waals surface area contributed by atoms with Gasteiger partial charge in [-0.3, -0.25) is 4.79 Å². The summed E-state index contributed by atoms with van der Waals surface area (Å²) in [4.78, 5) is 10.7. The first-order valence-corrected chi connectivity index (χ1v) is 5.53. The summed E-state index contributed by atoms with van der Waals surface area (Å²) >= 11 is 0. The topological polar surface area (TPSA) is 55.8 Å². The lowest BCUT2D eigenvalue weighted by molar-refractivity contribution is 0.0274. The highest BCUT2D eigenvalue weighted by Gasteiger charge is 2.15. The minimum absolute atomic E-state index is 0.160. The highest BCUT2D eigenvalue weighted by atomic mass is 16.5. The molecule has 1 N–H and O–H groups in total. The molecule has 0 saturated heterocycles. The van der Waals surface area contributed by atoms with Crippen LogP contribution in [0.1, 0.15) is 31.1 Å². The molecule has 0 radical (unpaired) electrons. The van der Waals surface area contributed by atoms with Crippen LogP contribution in [0.2, 0.25) is 0 Å². The number of hydrogen-bond acceptors (Lipinski definition) is 4. The Hall–Kier alpha value is -1.55. The van der Waals surface area contributed by atoms with Gasteiger partial charge in [0.15, 0.2) is 11.5 Å². The fourth-order valence-corrected chi connectivity index (χ4v) is 1.24. The molecule has 0 aromatic heterocycles. The van der Waals surface area contributed by atoms with Crippen molar-refractivity contribution in [3.63, 3.8) is 0 Å². The Morgan fingerprint density at radius 3 is 2.53 bits per heavy atom. The first-order valence-electron chi connectivity index (χ1n) is 5.53. The lowest BCUT2D eigenvalue weighted by Crippen LogP contribution is -2.28. The second kappa shape index (κ2) is 5.68. The molecule has 17 heavy (non-hydrogen) atoms. The Morgan fingerprint density at radius 2 is 2.00 bits per heavy atom. The van der Waals surface area contributed by atoms with Gasteiger partial charge in [0.25, 0.3) is 0 Å². The summed E-state index contributed by atoms with van der Waals surface area (Å²) in [6.45, 7) is 5.82. The van der Waals surface area contributed by atoms with Crippen molar-refractivity contribution in [2.24, 2.45) is 0 Å². The summed E-state index contributed by atoms with van der Waals surface area (Å²) < 4.78 is 10.8. The zero-order chi connectivity index (χ0) is 12.9. The summed E-state index contributed by atoms with van der Waals surface area (Å²) in [5.41, 5.74) is -0.378. The third-order valence-electron chi connectivity index (χ3n) is 1.98. The van der Waals surface area contributed by atoms with Gasteiger partial charge < -0.3 is 14.6 Å². The Morgan fingerprint density at radius 1 is 1.29 bits per heavy atom. The average Bonchev–Trinajstić information content (AvgIpc) is 2.26. The third-order valence-corrected chi connectivity index (χ3v) is 1.98. The summed E-state index contributed by atoms with van der Waals surface area (Å²) in [6.07, 6.45) is 0.752. The van der Waals surface area contributed by atoms with E-state index in [0.29, 0.717) is 23.7 Å². The minimum Gasteiger partial charge on any atom is -0.490 e. The zero-order valence-corrected chi connectivity index (χ0v) is 10.4. The van der Waals surface area contributed by atoms with Crippen LogP contribution in [-0.2, 0) is 0 Å². The van der Waals surface area contributed by atoms with Crippen molar-refractivity contribution in [2.45, 2.75) is 26.4 Å². The van der Waals surface area contributed by atoms with Crippen molar-refractivity contribution >= 4 is 6.29 Å². The number of carbonyl (C=O) groups is 1. The zero-order valence-electron chi connectivity index (χ0n) is 10.4. The van der Waals surface area contributed by atoms with E-state index in [1.165, 1.54) is 0 Å². The summed E-state index contributed by atoms with van der Waals surface area (Å²) in [6, 6.07) is 4.94. The van der Waals surface area contributed by atoms with E-state index in [1.807, 2.05) is 6.92 Å². The number of aliphatic hydroxyl groups is 1. The molecule has 0 aliphatic heterocycles. The van der Waals surface area contributed by atoms with E-state index >= 15 is 0 Å². The van der Waals surface area contributed by atoms with Crippen molar-refractivity contribution in [2.75, 3.05) is 13.2 Å². The minimum atomic E-state index is -0.910. The molecule has 1 aromatic carbocycles. The van der Waals surface area contributed by atoms with Gasteiger partial charge in [0, 0.05) is 5.56 Å². The Bertz CT molecular complexity index is 379. The number of hydrogen-bond donors (Lipinski definition) is 1. The molecule has 1 aromatic rings. The van der Waals surface area contributed by atoms with Crippen molar-refractivity contribution in [3.8, 4) is 11.5 Å². The van der Waals surface area contributed by atoms with Crippen molar-refractivity contribution < 1.29 is 19.4 Å². The number of carbonyl (C=O) groups excluding carboxylic acids is 1. The Labute approximate surface area is 101 Å². The lowest BCUT2D eigenvalue weighted by atomic mass is 10.1. The van der Waals surface area contributed by atoms with Crippen molar-refractivity contribution in [1.82, 2.24) is 0 Å². The fourth-order valence-electron chi connectivity index (χ4n) is 1.24. The molecule has 0 unspecified atom stereocenters. The van der Waals surface area contributed by atoms with Crippen LogP contribution in [-0.4, -0.2) is 30.2 Å². The first kappa shape index (κ1) is 13.5. The second-order valence-electron chi connectivity index (χ2n) is 4.36. The van der Waals surface area contributed by atoms with Crippen LogP contribution in [0.5, 0.6) is 11.5 Å². The predicted octanol–water partition coefficient (Wildman–Crippen LogP) is 2.05. The summed E-state index contributed by atoms with van der Waals surface area (Å²) in [5, 5.41) is 9.58. The molecule has 0 atom stereocenters. The van der Waals surface area contributed by atoms with Crippen LogP contribution in [0, 0.1) is 0 Å². The van der Waals surface area contributed by atoms with Crippen LogP contribution in [0.4, 0.5) is 0 Å². The fraction of sp³-hybridized carbons (Fsp3) is 0.462. The number of rotatable bonds is 6. The SMILES string of the molecule is CCOc1cc(C=O)ccc1OCC(C)(C)O. The molecule has 0 spiro atoms. The van der Waals surface area contributed by atoms with Crippen LogP contribution in [0.25, 0.3) is 0 Å². The molecule has 0 saturated carbocycles. The second-order valence-corrected chi connectivity index (χ2v) is 4.36. The molecular weight excluding hydrogens is 220 g/mol. The summed E-state index contributed by atoms with van der Waals surface area (Å²) in [5.74, 6) is 1.04. The smallest absolute Gasteiger partial charge is 0.161 e. The van der Waals surface area contributed by atoms with Gasteiger partial charge in [0.05, 0.1) is 12.2 Å². The van der Waals surface area contributed by atoms with E-state index < -0.39 is 5.60 Å². The molecule has 0 heterocycles. The van der Waals surface area contributed by atoms with Gasteiger partial charge in [0.1, 0.15) is 12.9 Å². The standard InChI is InChI=1S/C13H18O4/c1-4-16-12-7-10(8-14)5-6-11(12)17-9-13(2,3)15/h5-8,15H,4,9H2,1-3H3. The maximum Gasteiger partial charge on any atom is 0.161 e. The van der Waals surface area contributed by atoms with E-state index in [1.54, 1.807) is 32.0 Å². The van der Waals surface area contributed by atoms with E-state index in [0.717, 1.165) is 6.29 Å². The Kier molecular flexibility index (Phi) is 4.52. The van der Waals surface area contributed by atoms with Gasteiger partial charge in [-0.05, 0) is 39.0 Å². The molecule has 4 heteroatoms. The van der Waals surface area contributed by atoms with E-state index in [4.69, 9.17) is 9.47 Å². The largest absolute Gasteiger partial charge is 0.490 e. The molecule has 4 nitrogen and oxygen atoms in total. The van der Waals surface area contributed by atoms with Gasteiger partial charge in [-0.25, -0.2) is 0 Å². The average molecular weight is 238 g/mol. The molecule has 1 rings (SSSR count). The maximum absolute atomic E-state index is 10.7. The van der Waals surface area contributed by atoms with Crippen molar-refractivity contribution in [3.05, 3.63) is 23.8 Å². The van der Waals surface area contributed by atoms with E-state index in [-0.39, 0.29) is 6.61 Å². The predicted molar refractivity (Wildman–Crippen MR) is 64.8 cm³/mol. The quantitative estimate of drug-likeness (QED) is 0.771. The highest BCUT2D eigenvalue weighted by molar-refractivity contribution is 5.76. The van der Waals surface area contributed by atoms with Gasteiger partial charge in [0.2, 0.25) is 0 Å². The van der Waals surface area contributed by atoms with Gasteiger partial charge in [-0.1, -0.05) is 0 Å². The van der Waals surface area contributed by atoms with Crippen LogP contribution >= 0.6 is 0 Å². The van der Waals surface area contributed by atoms with Gasteiger partial charge in [-0.2, -0.15) is 0 Å². The summed E-state index contributed by atoms with van der Waals surface area (Å²) in [7, 11) is 0. The third kappa shape index (κ3) is 4.44. The number of benzene rings is 1. The van der Waals surface area contributed by atoms with Crippen LogP contribution in [0.3, 0.4) is 0 Å². The molecule has 0 fully saturated rings. The molecular formula is C13H18O4. The molecule has 0 amide bonds.